The minimum Gasteiger partial charge on any atom is -0.339 e. The Bertz CT molecular complexity index is 595. The van der Waals surface area contributed by atoms with E-state index in [4.69, 9.17) is 0 Å². The number of imidazole rings is 1. The van der Waals surface area contributed by atoms with Gasteiger partial charge in [-0.25, -0.2) is 4.98 Å². The van der Waals surface area contributed by atoms with E-state index in [1.54, 1.807) is 0 Å². The number of rotatable bonds is 7. The number of carbonyl (C=O) groups excluding carboxylic acids is 1. The highest BCUT2D eigenvalue weighted by Crippen LogP contribution is 2.12. The maximum atomic E-state index is 12.7. The second kappa shape index (κ2) is 7.25. The zero-order chi connectivity index (χ0) is 15.2. The van der Waals surface area contributed by atoms with Gasteiger partial charge >= 0.3 is 0 Å². The first-order valence-electron chi connectivity index (χ1n) is 7.90. The average molecular weight is 287 g/mol. The summed E-state index contributed by atoms with van der Waals surface area (Å²) < 4.78 is 1.95. The highest BCUT2D eigenvalue weighted by molar-refractivity contribution is 5.95. The molecule has 4 heteroatoms. The van der Waals surface area contributed by atoms with Gasteiger partial charge in [0.15, 0.2) is 0 Å². The van der Waals surface area contributed by atoms with Gasteiger partial charge < -0.3 is 9.30 Å². The molecule has 0 saturated carbocycles. The van der Waals surface area contributed by atoms with Crippen molar-refractivity contribution < 1.29 is 4.79 Å². The van der Waals surface area contributed by atoms with Crippen molar-refractivity contribution >= 4 is 11.6 Å². The van der Waals surface area contributed by atoms with Crippen LogP contribution in [0, 0.1) is 6.92 Å². The summed E-state index contributed by atoms with van der Waals surface area (Å²) in [5, 5.41) is 0. The van der Waals surface area contributed by atoms with Crippen molar-refractivity contribution in [1.82, 2.24) is 14.3 Å². The van der Waals surface area contributed by atoms with Crippen molar-refractivity contribution in [3.8, 4) is 0 Å². The molecule has 0 aliphatic carbocycles. The van der Waals surface area contributed by atoms with Crippen LogP contribution in [0.3, 0.4) is 0 Å². The summed E-state index contributed by atoms with van der Waals surface area (Å²) in [6, 6.07) is 3.78. The lowest BCUT2D eigenvalue weighted by molar-refractivity contribution is 0.0751. The van der Waals surface area contributed by atoms with Gasteiger partial charge in [0.25, 0.3) is 5.91 Å². The summed E-state index contributed by atoms with van der Waals surface area (Å²) >= 11 is 0. The number of hydrogen-bond acceptors (Lipinski definition) is 2. The van der Waals surface area contributed by atoms with Crippen LogP contribution in [0.2, 0.25) is 0 Å². The second-order valence-corrected chi connectivity index (χ2v) is 5.56. The van der Waals surface area contributed by atoms with Gasteiger partial charge in [-0.2, -0.15) is 0 Å². The first-order chi connectivity index (χ1) is 10.2. The molecule has 0 atom stereocenters. The Kier molecular flexibility index (Phi) is 5.37. The highest BCUT2D eigenvalue weighted by Gasteiger charge is 2.15. The van der Waals surface area contributed by atoms with E-state index in [1.165, 1.54) is 0 Å². The lowest BCUT2D eigenvalue weighted by atomic mass is 10.2. The van der Waals surface area contributed by atoms with Crippen LogP contribution < -0.4 is 0 Å². The van der Waals surface area contributed by atoms with E-state index >= 15 is 0 Å². The topological polar surface area (TPSA) is 37.6 Å². The number of aromatic nitrogens is 2. The maximum absolute atomic E-state index is 12.7. The molecule has 0 aliphatic heterocycles. The number of pyridine rings is 1. The molecule has 0 aromatic carbocycles. The van der Waals surface area contributed by atoms with Crippen molar-refractivity contribution in [2.45, 2.75) is 46.5 Å². The normalized spacial score (nSPS) is 11.0. The highest BCUT2D eigenvalue weighted by atomic mass is 16.2. The smallest absolute Gasteiger partial charge is 0.254 e. The molecule has 21 heavy (non-hydrogen) atoms. The van der Waals surface area contributed by atoms with Gasteiger partial charge in [0.1, 0.15) is 5.65 Å². The van der Waals surface area contributed by atoms with Crippen LogP contribution in [0.4, 0.5) is 0 Å². The Morgan fingerprint density at radius 3 is 2.52 bits per heavy atom. The van der Waals surface area contributed by atoms with Crippen molar-refractivity contribution in [3.05, 3.63) is 35.8 Å². The first kappa shape index (κ1) is 15.5. The van der Waals surface area contributed by atoms with Gasteiger partial charge in [0.2, 0.25) is 0 Å². The van der Waals surface area contributed by atoms with E-state index in [2.05, 4.69) is 18.8 Å². The van der Waals surface area contributed by atoms with Crippen molar-refractivity contribution in [3.63, 3.8) is 0 Å². The Balaban J connectivity index is 2.19. The fraction of sp³-hybridized carbons (Fsp3) is 0.529. The fourth-order valence-corrected chi connectivity index (χ4v) is 2.44. The zero-order valence-corrected chi connectivity index (χ0v) is 13.3. The Labute approximate surface area is 126 Å². The summed E-state index contributed by atoms with van der Waals surface area (Å²) in [4.78, 5) is 19.1. The molecule has 4 nitrogen and oxygen atoms in total. The van der Waals surface area contributed by atoms with Gasteiger partial charge in [-0.3, -0.25) is 4.79 Å². The van der Waals surface area contributed by atoms with E-state index in [9.17, 15) is 4.79 Å². The lowest BCUT2D eigenvalue weighted by Crippen LogP contribution is -2.33. The zero-order valence-electron chi connectivity index (χ0n) is 13.3. The van der Waals surface area contributed by atoms with Gasteiger partial charge in [-0.05, 0) is 31.9 Å². The number of amides is 1. The number of carbonyl (C=O) groups is 1. The molecule has 0 radical (unpaired) electrons. The summed E-state index contributed by atoms with van der Waals surface area (Å²) in [5.41, 5.74) is 2.54. The van der Waals surface area contributed by atoms with E-state index in [1.807, 2.05) is 40.8 Å². The van der Waals surface area contributed by atoms with E-state index in [-0.39, 0.29) is 5.91 Å². The minimum atomic E-state index is 0.125. The Morgan fingerprint density at radius 2 is 1.90 bits per heavy atom. The molecular weight excluding hydrogens is 262 g/mol. The van der Waals surface area contributed by atoms with Crippen LogP contribution in [0.5, 0.6) is 0 Å². The maximum Gasteiger partial charge on any atom is 0.254 e. The molecule has 2 aromatic heterocycles. The van der Waals surface area contributed by atoms with E-state index in [0.717, 1.165) is 55.7 Å². The summed E-state index contributed by atoms with van der Waals surface area (Å²) in [5.74, 6) is 0.125. The molecule has 1 amide bonds. The predicted octanol–water partition coefficient (Wildman–Crippen LogP) is 3.69. The minimum absolute atomic E-state index is 0.125. The number of fused-ring (bicyclic) bond motifs is 1. The number of aryl methyl sites for hydroxylation is 1. The van der Waals surface area contributed by atoms with Gasteiger partial charge in [-0.1, -0.05) is 26.7 Å². The number of nitrogens with zero attached hydrogens (tertiary/aromatic N) is 3. The molecule has 0 spiro atoms. The average Bonchev–Trinajstić information content (AvgIpc) is 2.85. The molecular formula is C17H25N3O. The number of hydrogen-bond donors (Lipinski definition) is 0. The first-order valence-corrected chi connectivity index (χ1v) is 7.90. The van der Waals surface area contributed by atoms with E-state index in [0.29, 0.717) is 0 Å². The third-order valence-corrected chi connectivity index (χ3v) is 3.68. The quantitative estimate of drug-likeness (QED) is 0.779. The molecule has 0 saturated heterocycles. The summed E-state index contributed by atoms with van der Waals surface area (Å²) in [6.45, 7) is 7.95. The van der Waals surface area contributed by atoms with Gasteiger partial charge in [-0.15, -0.1) is 0 Å². The van der Waals surface area contributed by atoms with Crippen molar-refractivity contribution in [2.75, 3.05) is 13.1 Å². The van der Waals surface area contributed by atoms with Crippen LogP contribution in [0.1, 0.15) is 55.6 Å². The SMILES string of the molecule is CCCCN(CCCC)C(=O)c1ccn2cc(C)nc2c1. The monoisotopic (exact) mass is 287 g/mol. The van der Waals surface area contributed by atoms with Gasteiger partial charge in [0.05, 0.1) is 5.69 Å². The molecule has 2 heterocycles. The molecule has 0 bridgehead atoms. The van der Waals surface area contributed by atoms with Crippen LogP contribution in [0.25, 0.3) is 5.65 Å². The van der Waals surface area contributed by atoms with Crippen molar-refractivity contribution in [2.24, 2.45) is 0 Å². The molecule has 0 aliphatic rings. The summed E-state index contributed by atoms with van der Waals surface area (Å²) in [7, 11) is 0. The molecule has 2 rings (SSSR count). The molecule has 2 aromatic rings. The third kappa shape index (κ3) is 3.84. The van der Waals surface area contributed by atoms with Crippen molar-refractivity contribution in [1.29, 1.82) is 0 Å². The third-order valence-electron chi connectivity index (χ3n) is 3.68. The van der Waals surface area contributed by atoms with Crippen LogP contribution in [0.15, 0.2) is 24.5 Å². The number of unbranched alkanes of at least 4 members (excludes halogenated alkanes) is 2. The fourth-order valence-electron chi connectivity index (χ4n) is 2.44. The van der Waals surface area contributed by atoms with Crippen LogP contribution in [-0.2, 0) is 0 Å². The standard InChI is InChI=1S/C17H25N3O/c1-4-6-9-19(10-7-5-2)17(21)15-8-11-20-13-14(3)18-16(20)12-15/h8,11-13H,4-7,9-10H2,1-3H3. The van der Waals surface area contributed by atoms with Crippen LogP contribution in [-0.4, -0.2) is 33.3 Å². The van der Waals surface area contributed by atoms with Gasteiger partial charge in [0, 0.05) is 31.0 Å². The summed E-state index contributed by atoms with van der Waals surface area (Å²) in [6.07, 6.45) is 8.21. The second-order valence-electron chi connectivity index (χ2n) is 5.56. The molecule has 0 unspecified atom stereocenters. The van der Waals surface area contributed by atoms with Crippen LogP contribution >= 0.6 is 0 Å². The molecule has 114 valence electrons. The van der Waals surface area contributed by atoms with E-state index < -0.39 is 0 Å². The lowest BCUT2D eigenvalue weighted by Gasteiger charge is -2.22. The Morgan fingerprint density at radius 1 is 1.24 bits per heavy atom. The molecule has 0 N–H and O–H groups in total. The predicted molar refractivity (Wildman–Crippen MR) is 85.6 cm³/mol. The largest absolute Gasteiger partial charge is 0.339 e. The molecule has 0 fully saturated rings. The Hall–Kier alpha value is -1.84.